The smallest absolute Gasteiger partial charge is 0.0766 e. The number of hydrogen-bond acceptors (Lipinski definition) is 3. The van der Waals surface area contributed by atoms with Crippen molar-refractivity contribution >= 4 is 15.9 Å². The number of aryl methyl sites for hydroxylation is 3. The van der Waals surface area contributed by atoms with Gasteiger partial charge in [0.2, 0.25) is 0 Å². The molecule has 0 aliphatic heterocycles. The van der Waals surface area contributed by atoms with E-state index in [0.717, 1.165) is 47.2 Å². The summed E-state index contributed by atoms with van der Waals surface area (Å²) in [6, 6.07) is 3.97. The van der Waals surface area contributed by atoms with Crippen molar-refractivity contribution in [3.8, 4) is 0 Å². The molecule has 0 aliphatic rings. The fourth-order valence-electron chi connectivity index (χ4n) is 2.42. The first-order valence-electron chi connectivity index (χ1n) is 7.46. The Balaban J connectivity index is 1.99. The molecule has 4 nitrogen and oxygen atoms in total. The normalized spacial score (nSPS) is 12.6. The van der Waals surface area contributed by atoms with Crippen molar-refractivity contribution in [3.63, 3.8) is 0 Å². The fourth-order valence-corrected chi connectivity index (χ4v) is 3.14. The summed E-state index contributed by atoms with van der Waals surface area (Å²) in [5.74, 6) is 0. The molecule has 0 aliphatic carbocycles. The van der Waals surface area contributed by atoms with E-state index in [4.69, 9.17) is 0 Å². The van der Waals surface area contributed by atoms with Crippen LogP contribution in [0.2, 0.25) is 0 Å². The summed E-state index contributed by atoms with van der Waals surface area (Å²) in [4.78, 5) is 4.10. The molecule has 1 unspecified atom stereocenters. The van der Waals surface area contributed by atoms with E-state index in [0.29, 0.717) is 6.42 Å². The van der Waals surface area contributed by atoms with Crippen molar-refractivity contribution in [2.75, 3.05) is 0 Å². The molecule has 1 atom stereocenters. The van der Waals surface area contributed by atoms with Gasteiger partial charge in [-0.3, -0.25) is 9.67 Å². The Labute approximate surface area is 134 Å². The van der Waals surface area contributed by atoms with Crippen LogP contribution in [0, 0.1) is 0 Å². The number of aromatic nitrogens is 3. The van der Waals surface area contributed by atoms with E-state index >= 15 is 0 Å². The van der Waals surface area contributed by atoms with E-state index in [1.165, 1.54) is 0 Å². The Kier molecular flexibility index (Phi) is 5.94. The lowest BCUT2D eigenvalue weighted by Gasteiger charge is -2.12. The molecule has 114 valence electrons. The second-order valence-electron chi connectivity index (χ2n) is 5.13. The van der Waals surface area contributed by atoms with Gasteiger partial charge in [-0.15, -0.1) is 0 Å². The molecule has 1 N–H and O–H groups in total. The maximum Gasteiger partial charge on any atom is 0.0766 e. The summed E-state index contributed by atoms with van der Waals surface area (Å²) in [5.41, 5.74) is 3.31. The first kappa shape index (κ1) is 16.2. The highest BCUT2D eigenvalue weighted by atomic mass is 79.9. The van der Waals surface area contributed by atoms with Crippen molar-refractivity contribution in [2.45, 2.75) is 52.2 Å². The SMILES string of the molecule is CCc1nn(CC)c(CC(O)CCc2cccnc2)c1Br. The summed E-state index contributed by atoms with van der Waals surface area (Å²) in [5, 5.41) is 14.9. The Bertz CT molecular complexity index is 568. The quantitative estimate of drug-likeness (QED) is 0.833. The van der Waals surface area contributed by atoms with E-state index in [-0.39, 0.29) is 6.10 Å². The van der Waals surface area contributed by atoms with Crippen LogP contribution in [0.5, 0.6) is 0 Å². The van der Waals surface area contributed by atoms with Gasteiger partial charge < -0.3 is 5.11 Å². The molecule has 0 bridgehead atoms. The molecule has 2 heterocycles. The van der Waals surface area contributed by atoms with E-state index in [1.807, 2.05) is 23.0 Å². The molecule has 0 fully saturated rings. The highest BCUT2D eigenvalue weighted by Gasteiger charge is 2.17. The van der Waals surface area contributed by atoms with Crippen LogP contribution >= 0.6 is 15.9 Å². The van der Waals surface area contributed by atoms with E-state index in [9.17, 15) is 5.11 Å². The van der Waals surface area contributed by atoms with Gasteiger partial charge in [-0.05, 0) is 53.7 Å². The van der Waals surface area contributed by atoms with Crippen molar-refractivity contribution in [1.82, 2.24) is 14.8 Å². The Morgan fingerprint density at radius 3 is 2.81 bits per heavy atom. The Morgan fingerprint density at radius 2 is 2.19 bits per heavy atom. The maximum absolute atomic E-state index is 10.3. The molecule has 2 aromatic rings. The van der Waals surface area contributed by atoms with Gasteiger partial charge in [0.15, 0.2) is 0 Å². The van der Waals surface area contributed by atoms with Crippen LogP contribution in [-0.2, 0) is 25.8 Å². The van der Waals surface area contributed by atoms with Crippen LogP contribution in [-0.4, -0.2) is 26.0 Å². The lowest BCUT2D eigenvalue weighted by molar-refractivity contribution is 0.162. The van der Waals surface area contributed by atoms with Crippen molar-refractivity contribution in [3.05, 3.63) is 46.0 Å². The van der Waals surface area contributed by atoms with Gasteiger partial charge >= 0.3 is 0 Å². The molecule has 0 radical (unpaired) electrons. The molecule has 0 aromatic carbocycles. The molecule has 2 aromatic heterocycles. The van der Waals surface area contributed by atoms with Gasteiger partial charge in [0.05, 0.1) is 22.0 Å². The molecule has 0 spiro atoms. The number of rotatable bonds is 7. The highest BCUT2D eigenvalue weighted by molar-refractivity contribution is 9.10. The summed E-state index contributed by atoms with van der Waals surface area (Å²) < 4.78 is 3.03. The number of pyridine rings is 1. The highest BCUT2D eigenvalue weighted by Crippen LogP contribution is 2.24. The van der Waals surface area contributed by atoms with Crippen LogP contribution in [0.3, 0.4) is 0 Å². The predicted octanol–water partition coefficient (Wildman–Crippen LogP) is 3.16. The van der Waals surface area contributed by atoms with E-state index < -0.39 is 0 Å². The third kappa shape index (κ3) is 4.14. The lowest BCUT2D eigenvalue weighted by Crippen LogP contribution is -2.15. The third-order valence-corrected chi connectivity index (χ3v) is 4.53. The minimum absolute atomic E-state index is 0.367. The zero-order valence-corrected chi connectivity index (χ0v) is 14.2. The minimum atomic E-state index is -0.367. The molecule has 21 heavy (non-hydrogen) atoms. The van der Waals surface area contributed by atoms with Gasteiger partial charge in [0, 0.05) is 25.4 Å². The molecular weight excluding hydrogens is 330 g/mol. The molecule has 0 amide bonds. The Morgan fingerprint density at radius 1 is 1.38 bits per heavy atom. The zero-order valence-electron chi connectivity index (χ0n) is 12.6. The number of nitrogens with zero attached hydrogens (tertiary/aromatic N) is 3. The molecule has 2 rings (SSSR count). The minimum Gasteiger partial charge on any atom is -0.393 e. The van der Waals surface area contributed by atoms with Crippen molar-refractivity contribution in [1.29, 1.82) is 0 Å². The fraction of sp³-hybridized carbons (Fsp3) is 0.500. The monoisotopic (exact) mass is 351 g/mol. The van der Waals surface area contributed by atoms with Gasteiger partial charge in [-0.2, -0.15) is 5.10 Å². The van der Waals surface area contributed by atoms with E-state index in [1.54, 1.807) is 6.20 Å². The summed E-state index contributed by atoms with van der Waals surface area (Å²) in [6.45, 7) is 4.99. The Hall–Kier alpha value is -1.20. The zero-order chi connectivity index (χ0) is 15.2. The number of aliphatic hydroxyl groups excluding tert-OH is 1. The lowest BCUT2D eigenvalue weighted by atomic mass is 10.0. The maximum atomic E-state index is 10.3. The van der Waals surface area contributed by atoms with Crippen molar-refractivity contribution < 1.29 is 5.11 Å². The number of aliphatic hydroxyl groups is 1. The van der Waals surface area contributed by atoms with Crippen LogP contribution < -0.4 is 0 Å². The standard InChI is InChI=1S/C16H22BrN3O/c1-3-14-16(17)15(20(4-2)19-14)10-13(21)8-7-12-6-5-9-18-11-12/h5-6,9,11,13,21H,3-4,7-8,10H2,1-2H3. The summed E-state index contributed by atoms with van der Waals surface area (Å²) >= 11 is 3.62. The van der Waals surface area contributed by atoms with Gasteiger partial charge in [0.1, 0.15) is 0 Å². The predicted molar refractivity (Wildman–Crippen MR) is 87.2 cm³/mol. The van der Waals surface area contributed by atoms with Crippen LogP contribution in [0.15, 0.2) is 29.0 Å². The van der Waals surface area contributed by atoms with Crippen molar-refractivity contribution in [2.24, 2.45) is 0 Å². The van der Waals surface area contributed by atoms with Crippen LogP contribution in [0.4, 0.5) is 0 Å². The largest absolute Gasteiger partial charge is 0.393 e. The average Bonchev–Trinajstić information content (AvgIpc) is 2.82. The molecular formula is C16H22BrN3O. The second kappa shape index (κ2) is 7.71. The van der Waals surface area contributed by atoms with Crippen LogP contribution in [0.25, 0.3) is 0 Å². The molecule has 5 heteroatoms. The first-order chi connectivity index (χ1) is 10.2. The summed E-state index contributed by atoms with van der Waals surface area (Å²) in [6.07, 6.45) is 6.35. The van der Waals surface area contributed by atoms with E-state index in [2.05, 4.69) is 39.9 Å². The topological polar surface area (TPSA) is 50.9 Å². The van der Waals surface area contributed by atoms with Gasteiger partial charge in [-0.25, -0.2) is 0 Å². The third-order valence-electron chi connectivity index (χ3n) is 3.61. The number of hydrogen-bond donors (Lipinski definition) is 1. The van der Waals surface area contributed by atoms with Gasteiger partial charge in [-0.1, -0.05) is 13.0 Å². The van der Waals surface area contributed by atoms with Gasteiger partial charge in [0.25, 0.3) is 0 Å². The second-order valence-corrected chi connectivity index (χ2v) is 5.93. The van der Waals surface area contributed by atoms with Crippen LogP contribution in [0.1, 0.15) is 37.2 Å². The molecule has 0 saturated heterocycles. The average molecular weight is 352 g/mol. The summed E-state index contributed by atoms with van der Waals surface area (Å²) in [7, 11) is 0. The molecule has 0 saturated carbocycles. The first-order valence-corrected chi connectivity index (χ1v) is 8.26. The number of halogens is 1.